The Kier molecular flexibility index (Phi) is 5.10. The average molecular weight is 403 g/mol. The molecule has 10 heteroatoms. The minimum Gasteiger partial charge on any atom is -0.457 e. The summed E-state index contributed by atoms with van der Waals surface area (Å²) in [4.78, 5) is 50.7. The zero-order valence-corrected chi connectivity index (χ0v) is 15.6. The van der Waals surface area contributed by atoms with Gasteiger partial charge < -0.3 is 19.5 Å². The van der Waals surface area contributed by atoms with Crippen molar-refractivity contribution in [3.63, 3.8) is 0 Å². The predicted octanol–water partition coefficient (Wildman–Crippen LogP) is 0.507. The minimum atomic E-state index is -1.34. The number of aliphatic hydroxyl groups is 1. The summed E-state index contributed by atoms with van der Waals surface area (Å²) in [5, 5.41) is 12.8. The Morgan fingerprint density at radius 3 is 2.69 bits per heavy atom. The van der Waals surface area contributed by atoms with Gasteiger partial charge in [0.1, 0.15) is 11.8 Å². The summed E-state index contributed by atoms with van der Waals surface area (Å²) < 4.78 is 10.5. The van der Waals surface area contributed by atoms with Gasteiger partial charge in [-0.1, -0.05) is 0 Å². The van der Waals surface area contributed by atoms with E-state index in [0.29, 0.717) is 24.4 Å². The standard InChI is InChI=1S/C19H21N3O7/c23-15-6-5-14(16(24)20-15)22-17(25)12-4-3-11(9-13(12)18(22)26)28-10-29-19(27)21-7-1-2-8-21/h3-4,9,14,18,26H,1-2,5-8,10H2,(H,20,23,24). The number of hydrogen-bond acceptors (Lipinski definition) is 7. The van der Waals surface area contributed by atoms with E-state index in [2.05, 4.69) is 5.32 Å². The molecule has 0 spiro atoms. The summed E-state index contributed by atoms with van der Waals surface area (Å²) >= 11 is 0. The number of carbonyl (C=O) groups is 4. The van der Waals surface area contributed by atoms with E-state index in [4.69, 9.17) is 9.47 Å². The molecule has 0 radical (unpaired) electrons. The van der Waals surface area contributed by atoms with Crippen molar-refractivity contribution in [3.8, 4) is 5.75 Å². The Bertz CT molecular complexity index is 865. The fourth-order valence-electron chi connectivity index (χ4n) is 3.84. The lowest BCUT2D eigenvalue weighted by atomic mass is 10.0. The lowest BCUT2D eigenvalue weighted by Gasteiger charge is -2.31. The number of aliphatic hydroxyl groups excluding tert-OH is 1. The summed E-state index contributed by atoms with van der Waals surface area (Å²) in [6.45, 7) is 1.04. The highest BCUT2D eigenvalue weighted by atomic mass is 16.7. The van der Waals surface area contributed by atoms with Crippen LogP contribution in [-0.4, -0.2) is 64.6 Å². The third-order valence-electron chi connectivity index (χ3n) is 5.35. The molecular weight excluding hydrogens is 382 g/mol. The molecule has 2 fully saturated rings. The molecule has 0 aliphatic carbocycles. The molecule has 3 aliphatic rings. The third kappa shape index (κ3) is 3.63. The molecule has 2 saturated heterocycles. The summed E-state index contributed by atoms with van der Waals surface area (Å²) in [6, 6.07) is 3.58. The van der Waals surface area contributed by atoms with Crippen LogP contribution in [0.4, 0.5) is 4.79 Å². The second-order valence-electron chi connectivity index (χ2n) is 7.17. The Morgan fingerprint density at radius 2 is 1.97 bits per heavy atom. The number of likely N-dealkylation sites (tertiary alicyclic amines) is 1. The number of piperidine rings is 1. The Balaban J connectivity index is 1.41. The van der Waals surface area contributed by atoms with E-state index < -0.39 is 36.1 Å². The van der Waals surface area contributed by atoms with Crippen molar-refractivity contribution in [3.05, 3.63) is 29.3 Å². The molecule has 2 unspecified atom stereocenters. The van der Waals surface area contributed by atoms with E-state index in [0.717, 1.165) is 17.7 Å². The van der Waals surface area contributed by atoms with Gasteiger partial charge in [-0.05, 0) is 37.5 Å². The highest BCUT2D eigenvalue weighted by Gasteiger charge is 2.44. The predicted molar refractivity (Wildman–Crippen MR) is 96.5 cm³/mol. The molecule has 3 heterocycles. The first kappa shape index (κ1) is 19.2. The second kappa shape index (κ2) is 7.70. The van der Waals surface area contributed by atoms with Crippen LogP contribution in [0.5, 0.6) is 5.75 Å². The van der Waals surface area contributed by atoms with Gasteiger partial charge >= 0.3 is 6.09 Å². The van der Waals surface area contributed by atoms with E-state index in [1.807, 2.05) is 0 Å². The van der Waals surface area contributed by atoms with Crippen molar-refractivity contribution in [2.45, 2.75) is 38.0 Å². The number of nitrogens with zero attached hydrogens (tertiary/aromatic N) is 2. The quantitative estimate of drug-likeness (QED) is 0.554. The van der Waals surface area contributed by atoms with Crippen LogP contribution in [0.1, 0.15) is 47.8 Å². The van der Waals surface area contributed by atoms with Gasteiger partial charge in [0.05, 0.1) is 0 Å². The zero-order chi connectivity index (χ0) is 20.5. The van der Waals surface area contributed by atoms with Gasteiger partial charge in [-0.3, -0.25) is 24.6 Å². The van der Waals surface area contributed by atoms with Crippen molar-refractivity contribution in [2.75, 3.05) is 19.9 Å². The first-order valence-corrected chi connectivity index (χ1v) is 9.48. The van der Waals surface area contributed by atoms with Crippen LogP contribution < -0.4 is 10.1 Å². The van der Waals surface area contributed by atoms with E-state index in [1.165, 1.54) is 18.2 Å². The Hall–Kier alpha value is -3.14. The lowest BCUT2D eigenvalue weighted by Crippen LogP contribution is -2.53. The number of fused-ring (bicyclic) bond motifs is 1. The number of amides is 4. The van der Waals surface area contributed by atoms with Gasteiger partial charge in [0.15, 0.2) is 6.23 Å². The van der Waals surface area contributed by atoms with Crippen molar-refractivity contribution in [2.24, 2.45) is 0 Å². The van der Waals surface area contributed by atoms with Gasteiger partial charge in [-0.25, -0.2) is 4.79 Å². The monoisotopic (exact) mass is 403 g/mol. The highest BCUT2D eigenvalue weighted by molar-refractivity contribution is 6.05. The molecule has 1 aromatic rings. The fraction of sp³-hybridized carbons (Fsp3) is 0.474. The maximum absolute atomic E-state index is 12.7. The number of nitrogens with one attached hydrogen (secondary N) is 1. The molecule has 3 aliphatic heterocycles. The molecule has 4 amide bonds. The maximum Gasteiger partial charge on any atom is 0.412 e. The van der Waals surface area contributed by atoms with Crippen LogP contribution in [0.15, 0.2) is 18.2 Å². The average Bonchev–Trinajstić information content (AvgIpc) is 3.31. The number of imide groups is 1. The van der Waals surface area contributed by atoms with E-state index in [9.17, 15) is 24.3 Å². The minimum absolute atomic E-state index is 0.0972. The van der Waals surface area contributed by atoms with Crippen LogP contribution in [0.3, 0.4) is 0 Å². The van der Waals surface area contributed by atoms with E-state index in [1.54, 1.807) is 4.90 Å². The molecule has 2 atom stereocenters. The van der Waals surface area contributed by atoms with Crippen molar-refractivity contribution < 1.29 is 33.8 Å². The first-order valence-electron chi connectivity index (χ1n) is 9.48. The normalized spacial score (nSPS) is 23.8. The smallest absolute Gasteiger partial charge is 0.412 e. The summed E-state index contributed by atoms with van der Waals surface area (Å²) in [7, 11) is 0. The molecule has 29 heavy (non-hydrogen) atoms. The van der Waals surface area contributed by atoms with Gasteiger partial charge in [-0.15, -0.1) is 0 Å². The van der Waals surface area contributed by atoms with E-state index in [-0.39, 0.29) is 25.2 Å². The first-order chi connectivity index (χ1) is 14.0. The summed E-state index contributed by atoms with van der Waals surface area (Å²) in [5.74, 6) is -1.18. The molecule has 1 aromatic carbocycles. The number of benzene rings is 1. The van der Waals surface area contributed by atoms with Crippen molar-refractivity contribution in [1.82, 2.24) is 15.1 Å². The van der Waals surface area contributed by atoms with Crippen molar-refractivity contribution in [1.29, 1.82) is 0 Å². The molecular formula is C19H21N3O7. The van der Waals surface area contributed by atoms with Crippen LogP contribution in [0, 0.1) is 0 Å². The van der Waals surface area contributed by atoms with Gasteiger partial charge in [0.25, 0.3) is 5.91 Å². The molecule has 2 N–H and O–H groups in total. The van der Waals surface area contributed by atoms with Gasteiger partial charge in [-0.2, -0.15) is 0 Å². The second-order valence-corrected chi connectivity index (χ2v) is 7.17. The van der Waals surface area contributed by atoms with Gasteiger partial charge in [0.2, 0.25) is 18.6 Å². The largest absolute Gasteiger partial charge is 0.457 e. The third-order valence-corrected chi connectivity index (χ3v) is 5.35. The number of ether oxygens (including phenoxy) is 2. The van der Waals surface area contributed by atoms with Crippen LogP contribution in [-0.2, 0) is 14.3 Å². The number of carbonyl (C=O) groups excluding carboxylic acids is 4. The van der Waals surface area contributed by atoms with Crippen LogP contribution in [0.25, 0.3) is 0 Å². The van der Waals surface area contributed by atoms with Crippen molar-refractivity contribution >= 4 is 23.8 Å². The molecule has 0 saturated carbocycles. The lowest BCUT2D eigenvalue weighted by molar-refractivity contribution is -0.139. The van der Waals surface area contributed by atoms with Crippen LogP contribution in [0.2, 0.25) is 0 Å². The summed E-state index contributed by atoms with van der Waals surface area (Å²) in [5.41, 5.74) is 0.548. The number of hydrogen-bond donors (Lipinski definition) is 2. The number of rotatable bonds is 4. The summed E-state index contributed by atoms with van der Waals surface area (Å²) in [6.07, 6.45) is 0.379. The molecule has 4 rings (SSSR count). The molecule has 0 bridgehead atoms. The molecule has 0 aromatic heterocycles. The SMILES string of the molecule is O=C1CCC(N2C(=O)c3ccc(OCOC(=O)N4CCCC4)cc3C2O)C(=O)N1. The maximum atomic E-state index is 12.7. The van der Waals surface area contributed by atoms with E-state index >= 15 is 0 Å². The van der Waals surface area contributed by atoms with Gasteiger partial charge in [0, 0.05) is 30.6 Å². The fourth-order valence-corrected chi connectivity index (χ4v) is 3.84. The molecule has 154 valence electrons. The Labute approximate surface area is 166 Å². The zero-order valence-electron chi connectivity index (χ0n) is 15.6. The Morgan fingerprint density at radius 1 is 1.21 bits per heavy atom. The molecule has 10 nitrogen and oxygen atoms in total. The topological polar surface area (TPSA) is 125 Å². The van der Waals surface area contributed by atoms with Crippen LogP contribution >= 0.6 is 0 Å². The highest BCUT2D eigenvalue weighted by Crippen LogP contribution is 2.37.